The van der Waals surface area contributed by atoms with E-state index in [1.807, 2.05) is 0 Å². The van der Waals surface area contributed by atoms with Crippen LogP contribution in [0.15, 0.2) is 45.1 Å². The normalized spacial score (nSPS) is 16.0. The Balaban J connectivity index is 1.48. The van der Waals surface area contributed by atoms with Gasteiger partial charge in [-0.15, -0.1) is 11.3 Å². The van der Waals surface area contributed by atoms with Crippen LogP contribution in [0.1, 0.15) is 4.88 Å². The van der Waals surface area contributed by atoms with Crippen LogP contribution in [-0.2, 0) is 21.3 Å². The number of ether oxygens (including phenoxy) is 2. The summed E-state index contributed by atoms with van der Waals surface area (Å²) >= 11 is 5.20. The van der Waals surface area contributed by atoms with Crippen molar-refractivity contribution in [3.63, 3.8) is 0 Å². The predicted octanol–water partition coefficient (Wildman–Crippen LogP) is 3.04. The van der Waals surface area contributed by atoms with Gasteiger partial charge in [0.25, 0.3) is 0 Å². The molecule has 1 aromatic heterocycles. The minimum Gasteiger partial charge on any atom is -0.492 e. The molecule has 1 aliphatic heterocycles. The molecular weight excluding hydrogens is 452 g/mol. The van der Waals surface area contributed by atoms with Gasteiger partial charge in [-0.2, -0.15) is 4.31 Å². The number of halogens is 1. The first kappa shape index (κ1) is 20.8. The number of likely N-dealkylation sites (N-methyl/N-ethyl adjacent to an activating group) is 1. The van der Waals surface area contributed by atoms with Crippen molar-refractivity contribution in [2.75, 3.05) is 46.5 Å². The second-order valence-corrected chi connectivity index (χ2v) is 10.8. The van der Waals surface area contributed by atoms with E-state index in [0.29, 0.717) is 38.7 Å². The Labute approximate surface area is 172 Å². The van der Waals surface area contributed by atoms with E-state index in [1.165, 1.54) is 9.18 Å². The van der Waals surface area contributed by atoms with Crippen molar-refractivity contribution in [2.45, 2.75) is 11.4 Å². The number of hydrogen-bond donors (Lipinski definition) is 0. The van der Waals surface area contributed by atoms with Crippen LogP contribution in [-0.4, -0.2) is 64.1 Å². The third kappa shape index (κ3) is 5.75. The monoisotopic (exact) mass is 474 g/mol. The maximum Gasteiger partial charge on any atom is 0.243 e. The molecule has 27 heavy (non-hydrogen) atoms. The van der Waals surface area contributed by atoms with Gasteiger partial charge in [0, 0.05) is 31.1 Å². The van der Waals surface area contributed by atoms with E-state index in [9.17, 15) is 8.42 Å². The summed E-state index contributed by atoms with van der Waals surface area (Å²) in [6.45, 7) is 3.87. The van der Waals surface area contributed by atoms with Crippen LogP contribution < -0.4 is 4.74 Å². The topological polar surface area (TPSA) is 59.1 Å². The van der Waals surface area contributed by atoms with E-state index in [-0.39, 0.29) is 4.90 Å². The zero-order chi connectivity index (χ0) is 19.3. The largest absolute Gasteiger partial charge is 0.492 e. The molecule has 1 aliphatic rings. The fraction of sp³-hybridized carbons (Fsp3) is 0.444. The minimum atomic E-state index is -3.46. The molecule has 9 heteroatoms. The molecule has 2 aromatic rings. The maximum absolute atomic E-state index is 12.6. The number of nitrogens with zero attached hydrogens (tertiary/aromatic N) is 2. The minimum absolute atomic E-state index is 0.289. The van der Waals surface area contributed by atoms with Crippen LogP contribution in [0.2, 0.25) is 0 Å². The summed E-state index contributed by atoms with van der Waals surface area (Å²) in [5.74, 6) is 0.670. The van der Waals surface area contributed by atoms with Gasteiger partial charge in [-0.1, -0.05) is 0 Å². The first-order valence-electron chi connectivity index (χ1n) is 8.69. The summed E-state index contributed by atoms with van der Waals surface area (Å²) in [5.41, 5.74) is 0. The fourth-order valence-corrected chi connectivity index (χ4v) is 5.72. The van der Waals surface area contributed by atoms with Crippen molar-refractivity contribution >= 4 is 37.3 Å². The third-order valence-electron chi connectivity index (χ3n) is 4.23. The van der Waals surface area contributed by atoms with Crippen LogP contribution in [0.5, 0.6) is 5.75 Å². The summed E-state index contributed by atoms with van der Waals surface area (Å²) in [5, 5.41) is 0. The standard InChI is InChI=1S/C18H23BrN2O4S2/c1-20(14-16-4-7-18(19)26-16)8-13-25-15-2-5-17(6-3-15)27(22,23)21-9-11-24-12-10-21/h2-7H,8-14H2,1H3. The molecule has 6 nitrogen and oxygen atoms in total. The Morgan fingerprint density at radius 2 is 1.89 bits per heavy atom. The molecule has 0 radical (unpaired) electrons. The number of thiophene rings is 1. The lowest BCUT2D eigenvalue weighted by Gasteiger charge is -2.26. The van der Waals surface area contributed by atoms with Crippen molar-refractivity contribution in [1.29, 1.82) is 0 Å². The molecule has 148 valence electrons. The van der Waals surface area contributed by atoms with Gasteiger partial charge < -0.3 is 9.47 Å². The molecule has 0 N–H and O–H groups in total. The quantitative estimate of drug-likeness (QED) is 0.588. The second-order valence-electron chi connectivity index (χ2n) is 6.28. The summed E-state index contributed by atoms with van der Waals surface area (Å²) in [6, 6.07) is 10.8. The van der Waals surface area contributed by atoms with Gasteiger partial charge in [-0.3, -0.25) is 4.90 Å². The number of hydrogen-bond acceptors (Lipinski definition) is 6. The first-order chi connectivity index (χ1) is 12.9. The Hall–Kier alpha value is -0.970. The molecule has 3 rings (SSSR count). The van der Waals surface area contributed by atoms with Crippen LogP contribution in [0.25, 0.3) is 0 Å². The van der Waals surface area contributed by atoms with Gasteiger partial charge in [-0.25, -0.2) is 8.42 Å². The van der Waals surface area contributed by atoms with Gasteiger partial charge >= 0.3 is 0 Å². The predicted molar refractivity (Wildman–Crippen MR) is 110 cm³/mol. The molecule has 0 spiro atoms. The highest BCUT2D eigenvalue weighted by atomic mass is 79.9. The summed E-state index contributed by atoms with van der Waals surface area (Å²) in [6.07, 6.45) is 0. The smallest absolute Gasteiger partial charge is 0.243 e. The van der Waals surface area contributed by atoms with E-state index < -0.39 is 10.0 Å². The van der Waals surface area contributed by atoms with Gasteiger partial charge in [0.1, 0.15) is 12.4 Å². The van der Waals surface area contributed by atoms with E-state index in [1.54, 1.807) is 35.6 Å². The molecule has 1 aromatic carbocycles. The van der Waals surface area contributed by atoms with Crippen molar-refractivity contribution < 1.29 is 17.9 Å². The average molecular weight is 475 g/mol. The van der Waals surface area contributed by atoms with E-state index >= 15 is 0 Å². The first-order valence-corrected chi connectivity index (χ1v) is 11.7. The van der Waals surface area contributed by atoms with Crippen molar-refractivity contribution in [3.05, 3.63) is 45.1 Å². The van der Waals surface area contributed by atoms with Crippen LogP contribution in [0.3, 0.4) is 0 Å². The summed E-state index contributed by atoms with van der Waals surface area (Å²) in [7, 11) is -1.41. The van der Waals surface area contributed by atoms with E-state index in [0.717, 1.165) is 16.9 Å². The van der Waals surface area contributed by atoms with Gasteiger partial charge in [0.2, 0.25) is 10.0 Å². The molecule has 0 bridgehead atoms. The lowest BCUT2D eigenvalue weighted by molar-refractivity contribution is 0.0730. The van der Waals surface area contributed by atoms with E-state index in [2.05, 4.69) is 40.0 Å². The molecular formula is C18H23BrN2O4S2. The molecule has 0 atom stereocenters. The summed E-state index contributed by atoms with van der Waals surface area (Å²) < 4.78 is 38.8. The fourth-order valence-electron chi connectivity index (χ4n) is 2.75. The molecule has 0 unspecified atom stereocenters. The van der Waals surface area contributed by atoms with Gasteiger partial charge in [0.15, 0.2) is 0 Å². The highest BCUT2D eigenvalue weighted by Gasteiger charge is 2.26. The maximum atomic E-state index is 12.6. The van der Waals surface area contributed by atoms with Crippen molar-refractivity contribution in [1.82, 2.24) is 9.21 Å². The zero-order valence-corrected chi connectivity index (χ0v) is 18.4. The molecule has 0 saturated carbocycles. The SMILES string of the molecule is CN(CCOc1ccc(S(=O)(=O)N2CCOCC2)cc1)Cc1ccc(Br)s1. The Bertz CT molecular complexity index is 833. The lowest BCUT2D eigenvalue weighted by atomic mass is 10.3. The van der Waals surface area contributed by atoms with Crippen molar-refractivity contribution in [2.24, 2.45) is 0 Å². The Kier molecular flexibility index (Phi) is 7.29. The van der Waals surface area contributed by atoms with Gasteiger partial charge in [-0.05, 0) is 59.4 Å². The Morgan fingerprint density at radius 1 is 1.19 bits per heavy atom. The summed E-state index contributed by atoms with van der Waals surface area (Å²) in [4.78, 5) is 3.77. The van der Waals surface area contributed by atoms with Crippen LogP contribution in [0.4, 0.5) is 0 Å². The highest BCUT2D eigenvalue weighted by Crippen LogP contribution is 2.23. The molecule has 1 fully saturated rings. The zero-order valence-electron chi connectivity index (χ0n) is 15.1. The molecule has 0 amide bonds. The average Bonchev–Trinajstić information content (AvgIpc) is 3.07. The third-order valence-corrected chi connectivity index (χ3v) is 7.75. The second kappa shape index (κ2) is 9.49. The Morgan fingerprint density at radius 3 is 2.52 bits per heavy atom. The highest BCUT2D eigenvalue weighted by molar-refractivity contribution is 9.11. The van der Waals surface area contributed by atoms with Crippen LogP contribution in [0, 0.1) is 0 Å². The lowest BCUT2D eigenvalue weighted by Crippen LogP contribution is -2.40. The number of benzene rings is 1. The molecule has 1 saturated heterocycles. The van der Waals surface area contributed by atoms with Gasteiger partial charge in [0.05, 0.1) is 21.9 Å². The molecule has 0 aliphatic carbocycles. The number of sulfonamides is 1. The van der Waals surface area contributed by atoms with Crippen LogP contribution >= 0.6 is 27.3 Å². The van der Waals surface area contributed by atoms with Crippen molar-refractivity contribution in [3.8, 4) is 5.75 Å². The molecule has 2 heterocycles. The number of rotatable bonds is 8. The number of morpholine rings is 1. The van der Waals surface area contributed by atoms with E-state index in [4.69, 9.17) is 9.47 Å².